The lowest BCUT2D eigenvalue weighted by atomic mass is 9.48. The molecule has 2 aromatic rings. The second kappa shape index (κ2) is 7.33. The molecule has 2 fully saturated rings. The van der Waals surface area contributed by atoms with Crippen molar-refractivity contribution in [1.29, 1.82) is 0 Å². The average Bonchev–Trinajstić information content (AvgIpc) is 3.33. The fourth-order valence-corrected chi connectivity index (χ4v) is 9.02. The molecule has 32 heavy (non-hydrogen) atoms. The first-order chi connectivity index (χ1) is 15.4. The number of aryl methyl sites for hydroxylation is 1. The summed E-state index contributed by atoms with van der Waals surface area (Å²) >= 11 is 7.99. The summed E-state index contributed by atoms with van der Waals surface area (Å²) in [4.78, 5) is 6.39. The van der Waals surface area contributed by atoms with Crippen molar-refractivity contribution in [3.05, 3.63) is 45.9 Å². The summed E-state index contributed by atoms with van der Waals surface area (Å²) in [6.07, 6.45) is 10.9. The van der Waals surface area contributed by atoms with Gasteiger partial charge in [0.1, 0.15) is 0 Å². The molecule has 2 saturated carbocycles. The number of hydrazone groups is 1. The SMILES string of the molecule is C[C@]12CCc3nc(Nc4cccc(Cl)c4)sc3C1=CC[C@@H]1[C@@H]2CC[C@]2(C)/C(=N/N)CC[C@@H]12. The number of anilines is 2. The molecule has 0 spiro atoms. The first-order valence-electron chi connectivity index (χ1n) is 11.9. The van der Waals surface area contributed by atoms with Crippen molar-refractivity contribution in [1.82, 2.24) is 4.98 Å². The maximum absolute atomic E-state index is 6.17. The number of hydrogen-bond donors (Lipinski definition) is 2. The molecule has 1 aromatic carbocycles. The van der Waals surface area contributed by atoms with E-state index in [-0.39, 0.29) is 10.8 Å². The number of halogens is 1. The number of nitrogens with two attached hydrogens (primary N) is 1. The van der Waals surface area contributed by atoms with Gasteiger partial charge in [-0.15, -0.1) is 0 Å². The van der Waals surface area contributed by atoms with Crippen LogP contribution < -0.4 is 11.2 Å². The highest BCUT2D eigenvalue weighted by molar-refractivity contribution is 7.16. The molecule has 1 aromatic heterocycles. The van der Waals surface area contributed by atoms with Crippen LogP contribution in [-0.2, 0) is 6.42 Å². The third kappa shape index (κ3) is 2.93. The highest BCUT2D eigenvalue weighted by Gasteiger charge is 2.58. The van der Waals surface area contributed by atoms with Gasteiger partial charge in [-0.2, -0.15) is 5.10 Å². The normalized spacial score (nSPS) is 36.7. The van der Waals surface area contributed by atoms with Crippen LogP contribution in [0, 0.1) is 28.6 Å². The minimum atomic E-state index is 0.218. The molecule has 5 atom stereocenters. The summed E-state index contributed by atoms with van der Waals surface area (Å²) in [5.74, 6) is 8.02. The van der Waals surface area contributed by atoms with Crippen LogP contribution in [-0.4, -0.2) is 10.7 Å². The Morgan fingerprint density at radius 1 is 1.16 bits per heavy atom. The van der Waals surface area contributed by atoms with Crippen molar-refractivity contribution in [2.75, 3.05) is 5.32 Å². The molecule has 6 rings (SSSR count). The van der Waals surface area contributed by atoms with Gasteiger partial charge in [0.2, 0.25) is 0 Å². The number of hydrogen-bond acceptors (Lipinski definition) is 5. The van der Waals surface area contributed by atoms with Crippen molar-refractivity contribution < 1.29 is 0 Å². The summed E-state index contributed by atoms with van der Waals surface area (Å²) in [5.41, 5.74) is 5.56. The Hall–Kier alpha value is -1.85. The van der Waals surface area contributed by atoms with Crippen molar-refractivity contribution in [2.45, 2.75) is 58.8 Å². The van der Waals surface area contributed by atoms with Crippen LogP contribution in [0.1, 0.15) is 62.9 Å². The summed E-state index contributed by atoms with van der Waals surface area (Å²) in [6.45, 7) is 4.97. The van der Waals surface area contributed by atoms with Gasteiger partial charge < -0.3 is 11.2 Å². The molecule has 0 amide bonds. The molecule has 3 N–H and O–H groups in total. The molecule has 0 aliphatic heterocycles. The highest BCUT2D eigenvalue weighted by atomic mass is 35.5. The Balaban J connectivity index is 1.33. The first-order valence-corrected chi connectivity index (χ1v) is 13.1. The van der Waals surface area contributed by atoms with Crippen molar-refractivity contribution >= 4 is 45.0 Å². The summed E-state index contributed by atoms with van der Waals surface area (Å²) in [7, 11) is 0. The zero-order valence-electron chi connectivity index (χ0n) is 18.8. The first kappa shape index (κ1) is 20.7. The van der Waals surface area contributed by atoms with E-state index in [1.54, 1.807) is 5.57 Å². The Bertz CT molecular complexity index is 1140. The minimum absolute atomic E-state index is 0.218. The molecule has 6 heteroatoms. The van der Waals surface area contributed by atoms with Crippen LogP contribution in [0.4, 0.5) is 10.8 Å². The van der Waals surface area contributed by atoms with Crippen LogP contribution >= 0.6 is 22.9 Å². The molecule has 4 aliphatic rings. The molecule has 168 valence electrons. The zero-order valence-corrected chi connectivity index (χ0v) is 20.4. The average molecular weight is 467 g/mol. The largest absolute Gasteiger partial charge is 0.331 e. The molecule has 4 aliphatic carbocycles. The Morgan fingerprint density at radius 3 is 2.81 bits per heavy atom. The van der Waals surface area contributed by atoms with E-state index in [9.17, 15) is 0 Å². The molecular weight excluding hydrogens is 436 g/mol. The van der Waals surface area contributed by atoms with Gasteiger partial charge in [-0.25, -0.2) is 4.98 Å². The van der Waals surface area contributed by atoms with E-state index in [4.69, 9.17) is 22.4 Å². The minimum Gasteiger partial charge on any atom is -0.331 e. The van der Waals surface area contributed by atoms with Crippen molar-refractivity contribution in [3.63, 3.8) is 0 Å². The van der Waals surface area contributed by atoms with Gasteiger partial charge in [0.05, 0.1) is 10.6 Å². The molecule has 1 heterocycles. The van der Waals surface area contributed by atoms with Gasteiger partial charge in [0.15, 0.2) is 5.13 Å². The lowest BCUT2D eigenvalue weighted by Gasteiger charge is -2.56. The standard InChI is InChI=1S/C26H31ClN4S/c1-25-13-11-21-23(32-24(30-21)29-16-5-3-4-15(27)14-16)20(25)7-6-17-18-8-9-22(31-28)26(18,2)12-10-19(17)25/h3-5,7,14,17-19H,6,8-13,28H2,1-2H3,(H,29,30)/b31-22+/t17-,18-,19-,25+,26-/m0/s1. The number of fused-ring (bicyclic) bond motifs is 7. The van der Waals surface area contributed by atoms with E-state index in [0.29, 0.717) is 0 Å². The lowest BCUT2D eigenvalue weighted by molar-refractivity contribution is 0.0117. The third-order valence-corrected chi connectivity index (χ3v) is 10.5. The van der Waals surface area contributed by atoms with E-state index in [1.807, 2.05) is 35.6 Å². The number of nitrogens with one attached hydrogen (secondary N) is 1. The molecule has 4 nitrogen and oxygen atoms in total. The smallest absolute Gasteiger partial charge is 0.187 e. The van der Waals surface area contributed by atoms with E-state index in [1.165, 1.54) is 48.4 Å². The van der Waals surface area contributed by atoms with Gasteiger partial charge in [-0.1, -0.05) is 48.9 Å². The Morgan fingerprint density at radius 2 is 2.00 bits per heavy atom. The molecule has 0 unspecified atom stereocenters. The fourth-order valence-electron chi connectivity index (χ4n) is 7.62. The quantitative estimate of drug-likeness (QED) is 0.368. The molecule has 0 bridgehead atoms. The van der Waals surface area contributed by atoms with Crippen molar-refractivity contribution in [3.8, 4) is 0 Å². The number of allylic oxidation sites excluding steroid dienone is 2. The van der Waals surface area contributed by atoms with Gasteiger partial charge in [0.25, 0.3) is 0 Å². The van der Waals surface area contributed by atoms with E-state index < -0.39 is 0 Å². The predicted octanol–water partition coefficient (Wildman–Crippen LogP) is 7.04. The number of aromatic nitrogens is 1. The molecule has 0 saturated heterocycles. The van der Waals surface area contributed by atoms with Gasteiger partial charge >= 0.3 is 0 Å². The number of benzene rings is 1. The highest BCUT2D eigenvalue weighted by Crippen LogP contribution is 2.65. The van der Waals surface area contributed by atoms with Crippen LogP contribution in [0.3, 0.4) is 0 Å². The summed E-state index contributed by atoms with van der Waals surface area (Å²) in [6, 6.07) is 7.87. The van der Waals surface area contributed by atoms with E-state index >= 15 is 0 Å². The van der Waals surface area contributed by atoms with Gasteiger partial charge in [-0.3, -0.25) is 0 Å². The topological polar surface area (TPSA) is 63.3 Å². The van der Waals surface area contributed by atoms with E-state index in [2.05, 4.69) is 30.3 Å². The van der Waals surface area contributed by atoms with Gasteiger partial charge in [-0.05, 0) is 91.9 Å². The number of thiazole rings is 1. The summed E-state index contributed by atoms with van der Waals surface area (Å²) < 4.78 is 0. The predicted molar refractivity (Wildman–Crippen MR) is 135 cm³/mol. The molecular formula is C26H31ClN4S. The third-order valence-electron chi connectivity index (χ3n) is 9.26. The van der Waals surface area contributed by atoms with Gasteiger partial charge in [0, 0.05) is 21.8 Å². The van der Waals surface area contributed by atoms with Crippen molar-refractivity contribution in [2.24, 2.45) is 39.5 Å². The summed E-state index contributed by atoms with van der Waals surface area (Å²) in [5, 5.41) is 9.43. The van der Waals surface area contributed by atoms with Crippen LogP contribution in [0.5, 0.6) is 0 Å². The Labute approximate surface area is 199 Å². The second-order valence-corrected chi connectivity index (χ2v) is 12.1. The second-order valence-electron chi connectivity index (χ2n) is 10.6. The van der Waals surface area contributed by atoms with Crippen LogP contribution in [0.25, 0.3) is 5.57 Å². The lowest BCUT2D eigenvalue weighted by Crippen LogP contribution is -2.49. The van der Waals surface area contributed by atoms with E-state index in [0.717, 1.165) is 46.4 Å². The van der Waals surface area contributed by atoms with Crippen LogP contribution in [0.15, 0.2) is 35.4 Å². The Kier molecular flexibility index (Phi) is 4.75. The monoisotopic (exact) mass is 466 g/mol. The molecule has 0 radical (unpaired) electrons. The maximum atomic E-state index is 6.17. The maximum Gasteiger partial charge on any atom is 0.187 e. The number of rotatable bonds is 2. The number of nitrogens with zero attached hydrogens (tertiary/aromatic N) is 2. The fraction of sp³-hybridized carbons (Fsp3) is 0.538. The zero-order chi connectivity index (χ0) is 22.1. The van der Waals surface area contributed by atoms with Crippen LogP contribution in [0.2, 0.25) is 5.02 Å².